The van der Waals surface area contributed by atoms with Crippen molar-refractivity contribution in [2.24, 2.45) is 0 Å². The van der Waals surface area contributed by atoms with Gasteiger partial charge in [-0.25, -0.2) is 9.78 Å². The zero-order chi connectivity index (χ0) is 19.3. The maximum atomic E-state index is 12.3. The van der Waals surface area contributed by atoms with E-state index in [2.05, 4.69) is 16.5 Å². The minimum Gasteiger partial charge on any atom is -0.462 e. The lowest BCUT2D eigenvalue weighted by molar-refractivity contribution is 0.00578. The number of aromatic nitrogens is 2. The van der Waals surface area contributed by atoms with Gasteiger partial charge in [0.2, 0.25) is 0 Å². The van der Waals surface area contributed by atoms with Gasteiger partial charge < -0.3 is 18.6 Å². The SMILES string of the molecule is CCOC(=O)c1cc(B2OC(C)(C)C(C)(C)O2)c2c(c1)nc(C)n2CC. The Hall–Kier alpha value is -1.86. The van der Waals surface area contributed by atoms with Gasteiger partial charge in [0.1, 0.15) is 5.82 Å². The molecule has 26 heavy (non-hydrogen) atoms. The highest BCUT2D eigenvalue weighted by Gasteiger charge is 2.52. The number of imidazole rings is 1. The van der Waals surface area contributed by atoms with Crippen LogP contribution in [0.25, 0.3) is 11.0 Å². The number of esters is 1. The van der Waals surface area contributed by atoms with Crippen LogP contribution in [0, 0.1) is 6.92 Å². The Morgan fingerprint density at radius 3 is 2.35 bits per heavy atom. The molecule has 7 heteroatoms. The average molecular weight is 358 g/mol. The number of carbonyl (C=O) groups excluding carboxylic acids is 1. The lowest BCUT2D eigenvalue weighted by Crippen LogP contribution is -2.41. The van der Waals surface area contributed by atoms with Gasteiger partial charge in [0.05, 0.1) is 34.4 Å². The van der Waals surface area contributed by atoms with E-state index in [-0.39, 0.29) is 5.97 Å². The Morgan fingerprint density at radius 1 is 1.19 bits per heavy atom. The maximum absolute atomic E-state index is 12.3. The van der Waals surface area contributed by atoms with E-state index in [4.69, 9.17) is 14.0 Å². The largest absolute Gasteiger partial charge is 0.497 e. The van der Waals surface area contributed by atoms with Crippen molar-refractivity contribution in [3.05, 3.63) is 23.5 Å². The second-order valence-electron chi connectivity index (χ2n) is 7.65. The highest BCUT2D eigenvalue weighted by molar-refractivity contribution is 6.65. The summed E-state index contributed by atoms with van der Waals surface area (Å²) in [5.74, 6) is 0.525. The van der Waals surface area contributed by atoms with Crippen LogP contribution in [-0.4, -0.2) is 40.4 Å². The van der Waals surface area contributed by atoms with Gasteiger partial charge in [0, 0.05) is 12.0 Å². The molecular weight excluding hydrogens is 331 g/mol. The Morgan fingerprint density at radius 2 is 1.81 bits per heavy atom. The fraction of sp³-hybridized carbons (Fsp3) is 0.579. The van der Waals surface area contributed by atoms with Crippen LogP contribution in [0.5, 0.6) is 0 Å². The van der Waals surface area contributed by atoms with Crippen molar-refractivity contribution in [1.82, 2.24) is 9.55 Å². The van der Waals surface area contributed by atoms with Gasteiger partial charge in [-0.2, -0.15) is 0 Å². The van der Waals surface area contributed by atoms with Gasteiger partial charge in [-0.1, -0.05) is 0 Å². The molecule has 1 saturated heterocycles. The first-order valence-electron chi connectivity index (χ1n) is 9.14. The molecular formula is C19H27BN2O4. The number of benzene rings is 1. The van der Waals surface area contributed by atoms with E-state index in [1.807, 2.05) is 40.7 Å². The van der Waals surface area contributed by atoms with Gasteiger partial charge in [-0.05, 0) is 60.6 Å². The van der Waals surface area contributed by atoms with Gasteiger partial charge >= 0.3 is 13.1 Å². The number of fused-ring (bicyclic) bond motifs is 1. The van der Waals surface area contributed by atoms with E-state index in [0.717, 1.165) is 28.9 Å². The summed E-state index contributed by atoms with van der Waals surface area (Å²) in [6, 6.07) is 3.59. The summed E-state index contributed by atoms with van der Waals surface area (Å²) in [6.45, 7) is 15.0. The van der Waals surface area contributed by atoms with Crippen LogP contribution in [0.2, 0.25) is 0 Å². The zero-order valence-corrected chi connectivity index (χ0v) is 16.7. The summed E-state index contributed by atoms with van der Waals surface area (Å²) in [7, 11) is -0.571. The quantitative estimate of drug-likeness (QED) is 0.621. The van der Waals surface area contributed by atoms with E-state index in [0.29, 0.717) is 12.2 Å². The predicted molar refractivity (Wildman–Crippen MR) is 102 cm³/mol. The number of carbonyl (C=O) groups is 1. The monoisotopic (exact) mass is 358 g/mol. The van der Waals surface area contributed by atoms with Crippen molar-refractivity contribution in [3.8, 4) is 0 Å². The topological polar surface area (TPSA) is 62.6 Å². The second kappa shape index (κ2) is 6.39. The molecule has 140 valence electrons. The highest BCUT2D eigenvalue weighted by Crippen LogP contribution is 2.37. The van der Waals surface area contributed by atoms with Gasteiger partial charge in [-0.15, -0.1) is 0 Å². The van der Waals surface area contributed by atoms with Crippen molar-refractivity contribution in [3.63, 3.8) is 0 Å². The van der Waals surface area contributed by atoms with E-state index < -0.39 is 18.3 Å². The fourth-order valence-electron chi connectivity index (χ4n) is 3.29. The molecule has 1 aliphatic rings. The number of hydrogen-bond donors (Lipinski definition) is 0. The first-order valence-corrected chi connectivity index (χ1v) is 9.14. The van der Waals surface area contributed by atoms with Crippen molar-refractivity contribution in [1.29, 1.82) is 0 Å². The first kappa shape index (κ1) is 18.9. The van der Waals surface area contributed by atoms with Crippen LogP contribution < -0.4 is 5.46 Å². The van der Waals surface area contributed by atoms with Crippen molar-refractivity contribution >= 4 is 29.6 Å². The molecule has 1 fully saturated rings. The van der Waals surface area contributed by atoms with E-state index in [1.165, 1.54) is 0 Å². The molecule has 0 bridgehead atoms. The fourth-order valence-corrected chi connectivity index (χ4v) is 3.29. The Labute approximate surface area is 155 Å². The molecule has 1 aromatic heterocycles. The minimum absolute atomic E-state index is 0.325. The molecule has 0 spiro atoms. The van der Waals surface area contributed by atoms with Gasteiger partial charge in [-0.3, -0.25) is 0 Å². The third-order valence-electron chi connectivity index (χ3n) is 5.40. The maximum Gasteiger partial charge on any atom is 0.497 e. The minimum atomic E-state index is -0.571. The molecule has 1 aliphatic heterocycles. The van der Waals surface area contributed by atoms with Crippen molar-refractivity contribution < 1.29 is 18.8 Å². The summed E-state index contributed by atoms with van der Waals surface area (Å²) in [5.41, 5.74) is 2.04. The molecule has 6 nitrogen and oxygen atoms in total. The molecule has 2 heterocycles. The lowest BCUT2D eigenvalue weighted by Gasteiger charge is -2.32. The van der Waals surface area contributed by atoms with Crippen LogP contribution in [0.1, 0.15) is 57.7 Å². The number of aryl methyl sites for hydroxylation is 2. The summed E-state index contributed by atoms with van der Waals surface area (Å²) >= 11 is 0. The van der Waals surface area contributed by atoms with Gasteiger partial charge in [0.15, 0.2) is 0 Å². The Kier molecular flexibility index (Phi) is 4.65. The molecule has 0 aliphatic carbocycles. The standard InChI is InChI=1S/C19H27BN2O4/c1-8-22-12(3)21-15-11-13(17(23)24-9-2)10-14(16(15)22)20-25-18(4,5)19(6,7)26-20/h10-11H,8-9H2,1-7H3. The number of hydrogen-bond acceptors (Lipinski definition) is 5. The van der Waals surface area contributed by atoms with Crippen LogP contribution in [0.3, 0.4) is 0 Å². The van der Waals surface area contributed by atoms with Crippen LogP contribution in [0.4, 0.5) is 0 Å². The van der Waals surface area contributed by atoms with Crippen molar-refractivity contribution in [2.75, 3.05) is 6.61 Å². The van der Waals surface area contributed by atoms with Crippen LogP contribution >= 0.6 is 0 Å². The van der Waals surface area contributed by atoms with Gasteiger partial charge in [0.25, 0.3) is 0 Å². The number of rotatable bonds is 4. The third kappa shape index (κ3) is 2.93. The van der Waals surface area contributed by atoms with E-state index >= 15 is 0 Å². The third-order valence-corrected chi connectivity index (χ3v) is 5.40. The Bertz CT molecular complexity index is 841. The van der Waals surface area contributed by atoms with Crippen LogP contribution in [-0.2, 0) is 20.6 Å². The van der Waals surface area contributed by atoms with E-state index in [9.17, 15) is 4.79 Å². The summed E-state index contributed by atoms with van der Waals surface area (Å²) in [5, 5.41) is 0. The number of nitrogens with zero attached hydrogens (tertiary/aromatic N) is 2. The smallest absolute Gasteiger partial charge is 0.462 e. The van der Waals surface area contributed by atoms with E-state index in [1.54, 1.807) is 13.0 Å². The molecule has 0 radical (unpaired) electrons. The average Bonchev–Trinajstić information content (AvgIpc) is 2.98. The molecule has 0 unspecified atom stereocenters. The lowest BCUT2D eigenvalue weighted by atomic mass is 9.77. The highest BCUT2D eigenvalue weighted by atomic mass is 16.7. The van der Waals surface area contributed by atoms with Crippen LogP contribution in [0.15, 0.2) is 12.1 Å². The molecule has 3 rings (SSSR count). The molecule has 2 aromatic rings. The molecule has 0 amide bonds. The zero-order valence-electron chi connectivity index (χ0n) is 16.7. The molecule has 0 saturated carbocycles. The second-order valence-corrected chi connectivity index (χ2v) is 7.65. The summed E-state index contributed by atoms with van der Waals surface area (Å²) in [4.78, 5) is 17.0. The number of ether oxygens (including phenoxy) is 1. The Balaban J connectivity index is 2.20. The molecule has 0 atom stereocenters. The molecule has 0 N–H and O–H groups in total. The first-order chi connectivity index (χ1) is 12.1. The normalized spacial score (nSPS) is 18.5. The predicted octanol–water partition coefficient (Wildman–Crippen LogP) is 2.84. The molecule has 1 aromatic carbocycles. The summed E-state index contributed by atoms with van der Waals surface area (Å²) in [6.07, 6.45) is 0. The van der Waals surface area contributed by atoms with Crippen molar-refractivity contribution in [2.45, 2.75) is 66.2 Å². The summed E-state index contributed by atoms with van der Waals surface area (Å²) < 4.78 is 19.8.